The van der Waals surface area contributed by atoms with Gasteiger partial charge < -0.3 is 19.7 Å². The van der Waals surface area contributed by atoms with E-state index in [1.165, 1.54) is 0 Å². The molecular formula is C12H16ClN3O3. The maximum atomic E-state index is 11.6. The SMILES string of the molecule is COCCNC(=O)N1CC(Oc2ncccc2Cl)C1. The van der Waals surface area contributed by atoms with Gasteiger partial charge in [0.1, 0.15) is 11.1 Å². The number of urea groups is 1. The van der Waals surface area contributed by atoms with E-state index in [-0.39, 0.29) is 12.1 Å². The number of pyridine rings is 1. The van der Waals surface area contributed by atoms with Crippen LogP contribution in [0, 0.1) is 0 Å². The minimum absolute atomic E-state index is 0.0550. The Morgan fingerprint density at radius 3 is 3.11 bits per heavy atom. The smallest absolute Gasteiger partial charge is 0.317 e. The first-order valence-corrected chi connectivity index (χ1v) is 6.37. The molecule has 1 aliphatic heterocycles. The van der Waals surface area contributed by atoms with Gasteiger partial charge in [-0.25, -0.2) is 9.78 Å². The van der Waals surface area contributed by atoms with E-state index in [0.717, 1.165) is 0 Å². The molecule has 0 aromatic carbocycles. The number of hydrogen-bond donors (Lipinski definition) is 1. The van der Waals surface area contributed by atoms with E-state index in [0.29, 0.717) is 37.1 Å². The number of aromatic nitrogens is 1. The highest BCUT2D eigenvalue weighted by molar-refractivity contribution is 6.31. The fraction of sp³-hybridized carbons (Fsp3) is 0.500. The molecule has 1 fully saturated rings. The third kappa shape index (κ3) is 3.71. The highest BCUT2D eigenvalue weighted by Gasteiger charge is 2.32. The average Bonchev–Trinajstić information content (AvgIpc) is 2.35. The van der Waals surface area contributed by atoms with Crippen LogP contribution in [-0.2, 0) is 4.74 Å². The lowest BCUT2D eigenvalue weighted by Gasteiger charge is -2.38. The van der Waals surface area contributed by atoms with Gasteiger partial charge in [0.05, 0.1) is 19.7 Å². The van der Waals surface area contributed by atoms with Crippen LogP contribution < -0.4 is 10.1 Å². The van der Waals surface area contributed by atoms with Gasteiger partial charge in [-0.15, -0.1) is 0 Å². The second-order valence-electron chi connectivity index (χ2n) is 4.16. The fourth-order valence-corrected chi connectivity index (χ4v) is 1.83. The minimum Gasteiger partial charge on any atom is -0.470 e. The Morgan fingerprint density at radius 1 is 1.63 bits per heavy atom. The molecule has 0 saturated carbocycles. The van der Waals surface area contributed by atoms with E-state index < -0.39 is 0 Å². The Bertz CT molecular complexity index is 438. The second kappa shape index (κ2) is 6.58. The lowest BCUT2D eigenvalue weighted by atomic mass is 10.2. The predicted octanol–water partition coefficient (Wildman–Crippen LogP) is 1.15. The van der Waals surface area contributed by atoms with Crippen molar-refractivity contribution in [2.75, 3.05) is 33.4 Å². The standard InChI is InChI=1S/C12H16ClN3O3/c1-18-6-5-15-12(17)16-7-9(8-16)19-11-10(13)3-2-4-14-11/h2-4,9H,5-8H2,1H3,(H,15,17). The van der Waals surface area contributed by atoms with Crippen molar-refractivity contribution < 1.29 is 14.3 Å². The summed E-state index contributed by atoms with van der Waals surface area (Å²) in [5.74, 6) is 0.411. The summed E-state index contributed by atoms with van der Waals surface area (Å²) < 4.78 is 10.5. The van der Waals surface area contributed by atoms with E-state index in [2.05, 4.69) is 10.3 Å². The van der Waals surface area contributed by atoms with E-state index in [1.807, 2.05) is 0 Å². The van der Waals surface area contributed by atoms with Crippen LogP contribution in [0.25, 0.3) is 0 Å². The number of nitrogens with zero attached hydrogens (tertiary/aromatic N) is 2. The van der Waals surface area contributed by atoms with Gasteiger partial charge in [0.25, 0.3) is 0 Å². The number of methoxy groups -OCH3 is 1. The summed E-state index contributed by atoms with van der Waals surface area (Å²) in [4.78, 5) is 17.3. The van der Waals surface area contributed by atoms with E-state index >= 15 is 0 Å². The third-order valence-electron chi connectivity index (χ3n) is 2.72. The molecule has 7 heteroatoms. The van der Waals surface area contributed by atoms with Crippen molar-refractivity contribution in [3.63, 3.8) is 0 Å². The molecule has 0 atom stereocenters. The fourth-order valence-electron chi connectivity index (χ4n) is 1.67. The topological polar surface area (TPSA) is 63.7 Å². The number of ether oxygens (including phenoxy) is 2. The molecule has 1 saturated heterocycles. The van der Waals surface area contributed by atoms with E-state index in [1.54, 1.807) is 30.3 Å². The van der Waals surface area contributed by atoms with Crippen LogP contribution in [0.2, 0.25) is 5.02 Å². The summed E-state index contributed by atoms with van der Waals surface area (Å²) in [7, 11) is 1.59. The average molecular weight is 286 g/mol. The molecule has 1 N–H and O–H groups in total. The predicted molar refractivity (Wildman–Crippen MR) is 70.5 cm³/mol. The number of nitrogens with one attached hydrogen (secondary N) is 1. The van der Waals surface area contributed by atoms with Gasteiger partial charge in [-0.2, -0.15) is 0 Å². The normalized spacial score (nSPS) is 14.9. The Kier molecular flexibility index (Phi) is 4.81. The van der Waals surface area contributed by atoms with Crippen LogP contribution >= 0.6 is 11.6 Å². The zero-order valence-electron chi connectivity index (χ0n) is 10.6. The summed E-state index contributed by atoms with van der Waals surface area (Å²) in [5, 5.41) is 3.22. The first kappa shape index (κ1) is 13.9. The number of hydrogen-bond acceptors (Lipinski definition) is 4. The zero-order valence-corrected chi connectivity index (χ0v) is 11.4. The Balaban J connectivity index is 1.71. The summed E-state index contributed by atoms with van der Waals surface area (Å²) in [6.45, 7) is 2.07. The number of carbonyl (C=O) groups is 1. The van der Waals surface area contributed by atoms with Crippen molar-refractivity contribution in [2.24, 2.45) is 0 Å². The van der Waals surface area contributed by atoms with Crippen LogP contribution in [0.15, 0.2) is 18.3 Å². The molecule has 1 aliphatic rings. The summed E-state index contributed by atoms with van der Waals surface area (Å²) >= 11 is 5.94. The molecule has 0 spiro atoms. The second-order valence-corrected chi connectivity index (χ2v) is 4.57. The van der Waals surface area contributed by atoms with Gasteiger partial charge in [0.15, 0.2) is 0 Å². The lowest BCUT2D eigenvalue weighted by molar-refractivity contribution is 0.0409. The molecule has 1 aromatic rings. The summed E-state index contributed by atoms with van der Waals surface area (Å²) in [6, 6.07) is 3.35. The summed E-state index contributed by atoms with van der Waals surface area (Å²) in [5.41, 5.74) is 0. The zero-order chi connectivity index (χ0) is 13.7. The van der Waals surface area contributed by atoms with Gasteiger partial charge in [0, 0.05) is 19.9 Å². The number of likely N-dealkylation sites (tertiary alicyclic amines) is 1. The first-order valence-electron chi connectivity index (χ1n) is 5.99. The number of amides is 2. The van der Waals surface area contributed by atoms with E-state index in [9.17, 15) is 4.79 Å². The Labute approximate surface area is 116 Å². The molecule has 2 amide bonds. The molecule has 0 radical (unpaired) electrons. The molecule has 2 heterocycles. The number of rotatable bonds is 5. The number of halogens is 1. The van der Waals surface area contributed by atoms with Gasteiger partial charge >= 0.3 is 6.03 Å². The monoisotopic (exact) mass is 285 g/mol. The molecule has 6 nitrogen and oxygen atoms in total. The molecule has 0 unspecified atom stereocenters. The largest absolute Gasteiger partial charge is 0.470 e. The van der Waals surface area contributed by atoms with Crippen molar-refractivity contribution >= 4 is 17.6 Å². The Morgan fingerprint density at radius 2 is 2.42 bits per heavy atom. The number of carbonyl (C=O) groups excluding carboxylic acids is 1. The van der Waals surface area contributed by atoms with Crippen molar-refractivity contribution in [3.05, 3.63) is 23.4 Å². The molecule has 104 valence electrons. The van der Waals surface area contributed by atoms with Crippen LogP contribution in [-0.4, -0.2) is 55.4 Å². The van der Waals surface area contributed by atoms with Crippen LogP contribution in [0.1, 0.15) is 0 Å². The lowest BCUT2D eigenvalue weighted by Crippen LogP contribution is -2.59. The van der Waals surface area contributed by atoms with Gasteiger partial charge in [-0.3, -0.25) is 0 Å². The Hall–Kier alpha value is -1.53. The summed E-state index contributed by atoms with van der Waals surface area (Å²) in [6.07, 6.45) is 1.57. The minimum atomic E-state index is -0.107. The highest BCUT2D eigenvalue weighted by atomic mass is 35.5. The van der Waals surface area contributed by atoms with Gasteiger partial charge in [-0.05, 0) is 12.1 Å². The molecule has 19 heavy (non-hydrogen) atoms. The van der Waals surface area contributed by atoms with Crippen molar-refractivity contribution in [2.45, 2.75) is 6.10 Å². The molecule has 0 aliphatic carbocycles. The van der Waals surface area contributed by atoms with Gasteiger partial charge in [-0.1, -0.05) is 11.6 Å². The third-order valence-corrected chi connectivity index (χ3v) is 3.01. The van der Waals surface area contributed by atoms with Crippen molar-refractivity contribution in [3.8, 4) is 5.88 Å². The van der Waals surface area contributed by atoms with E-state index in [4.69, 9.17) is 21.1 Å². The van der Waals surface area contributed by atoms with Crippen molar-refractivity contribution in [1.82, 2.24) is 15.2 Å². The van der Waals surface area contributed by atoms with Crippen LogP contribution in [0.4, 0.5) is 4.79 Å². The quantitative estimate of drug-likeness (QED) is 0.825. The van der Waals surface area contributed by atoms with Crippen LogP contribution in [0.3, 0.4) is 0 Å². The molecule has 0 bridgehead atoms. The first-order chi connectivity index (χ1) is 9.20. The molecular weight excluding hydrogens is 270 g/mol. The maximum Gasteiger partial charge on any atom is 0.317 e. The van der Waals surface area contributed by atoms with Gasteiger partial charge in [0.2, 0.25) is 5.88 Å². The maximum absolute atomic E-state index is 11.6. The van der Waals surface area contributed by atoms with Crippen LogP contribution in [0.5, 0.6) is 5.88 Å². The van der Waals surface area contributed by atoms with Crippen molar-refractivity contribution in [1.29, 1.82) is 0 Å². The molecule has 2 rings (SSSR count). The molecule has 1 aromatic heterocycles. The highest BCUT2D eigenvalue weighted by Crippen LogP contribution is 2.23.